The second-order valence-corrected chi connectivity index (χ2v) is 8.39. The molecule has 1 amide bonds. The molecule has 6 N–H and O–H groups in total. The summed E-state index contributed by atoms with van der Waals surface area (Å²) in [6, 6.07) is 1.000. The lowest BCUT2D eigenvalue weighted by molar-refractivity contribution is -0.183. The number of hydrogen-bond donors (Lipinski definition) is 5. The van der Waals surface area contributed by atoms with E-state index >= 15 is 0 Å². The first kappa shape index (κ1) is 18.5. The highest BCUT2D eigenvalue weighted by Gasteiger charge is 2.70. The third-order valence-corrected chi connectivity index (χ3v) is 6.58. The monoisotopic (exact) mass is 447 g/mol. The minimum absolute atomic E-state index is 0.142. The van der Waals surface area contributed by atoms with Crippen LogP contribution in [0.3, 0.4) is 0 Å². The van der Waals surface area contributed by atoms with E-state index in [0.717, 1.165) is 11.0 Å². The van der Waals surface area contributed by atoms with Gasteiger partial charge in [0.2, 0.25) is 0 Å². The summed E-state index contributed by atoms with van der Waals surface area (Å²) in [5.74, 6) is -15.7. The molecule has 10 nitrogen and oxygen atoms in total. The maximum Gasteiger partial charge on any atom is 0.255 e. The van der Waals surface area contributed by atoms with Crippen LogP contribution in [0.2, 0.25) is 0 Å². The summed E-state index contributed by atoms with van der Waals surface area (Å²) in [6.07, 6.45) is -2.15. The number of nitrogens with zero attached hydrogens (tertiary/aromatic N) is 1. The van der Waals surface area contributed by atoms with Crippen molar-refractivity contribution in [3.8, 4) is 5.75 Å². The number of phenols is 1. The van der Waals surface area contributed by atoms with Gasteiger partial charge >= 0.3 is 0 Å². The van der Waals surface area contributed by atoms with E-state index in [9.17, 15) is 39.6 Å². The van der Waals surface area contributed by atoms with Crippen molar-refractivity contribution in [1.82, 2.24) is 4.90 Å². The smallest absolute Gasteiger partial charge is 0.255 e. The number of aliphatic hydroxyl groups excluding tert-OH is 2. The molecule has 7 atom stereocenters. The highest BCUT2D eigenvalue weighted by atomic mass is 16.4. The highest BCUT2D eigenvalue weighted by Crippen LogP contribution is 2.55. The van der Waals surface area contributed by atoms with Gasteiger partial charge in [-0.2, -0.15) is 0 Å². The summed E-state index contributed by atoms with van der Waals surface area (Å²) in [6.45, 7) is -0.803. The van der Waals surface area contributed by atoms with Gasteiger partial charge in [-0.05, 0) is 31.6 Å². The topological polar surface area (TPSA) is 178 Å². The molecular formula is C22H24N2O8. The second-order valence-electron chi connectivity index (χ2n) is 8.39. The van der Waals surface area contributed by atoms with Gasteiger partial charge in [-0.3, -0.25) is 24.1 Å². The van der Waals surface area contributed by atoms with Crippen LogP contribution in [0.4, 0.5) is 0 Å². The highest BCUT2D eigenvalue weighted by molar-refractivity contribution is 6.25. The lowest BCUT2D eigenvalue weighted by atomic mass is 9.51. The molecule has 2 unspecified atom stereocenters. The summed E-state index contributed by atoms with van der Waals surface area (Å²) in [7, 11) is 2.40. The number of aromatic hydroxyl groups is 1. The Balaban J connectivity index is 2.11. The van der Waals surface area contributed by atoms with E-state index in [0.29, 0.717) is 0 Å². The fourth-order valence-corrected chi connectivity index (χ4v) is 5.20. The number of rotatable bonds is 2. The number of benzene rings is 1. The Morgan fingerprint density at radius 3 is 2.44 bits per heavy atom. The van der Waals surface area contributed by atoms with Gasteiger partial charge in [0.25, 0.3) is 5.91 Å². The number of nitrogens with two attached hydrogens (primary N) is 1. The first-order chi connectivity index (χ1) is 16.1. The average Bonchev–Trinajstić information content (AvgIpc) is 2.78. The molecule has 1 fully saturated rings. The molecule has 1 aromatic rings. The van der Waals surface area contributed by atoms with Crippen molar-refractivity contribution < 1.29 is 43.7 Å². The zero-order chi connectivity index (χ0) is 26.4. The molecule has 0 radical (unpaired) electrons. The summed E-state index contributed by atoms with van der Waals surface area (Å²) < 4.78 is 26.0. The van der Waals surface area contributed by atoms with E-state index in [1.807, 2.05) is 0 Å². The first-order valence-electron chi connectivity index (χ1n) is 11.4. The maximum absolute atomic E-state index is 13.8. The Labute approximate surface area is 187 Å². The van der Waals surface area contributed by atoms with E-state index in [4.69, 9.17) is 9.85 Å². The number of carbonyl (C=O) groups excluding carboxylic acids is 4. The zero-order valence-corrected chi connectivity index (χ0v) is 17.2. The third-order valence-electron chi connectivity index (χ3n) is 6.58. The Morgan fingerprint density at radius 1 is 1.22 bits per heavy atom. The number of phenolic OH excluding ortho intramolecular Hbond substituents is 1. The molecule has 0 saturated heterocycles. The van der Waals surface area contributed by atoms with Crippen LogP contribution in [0.1, 0.15) is 32.8 Å². The van der Waals surface area contributed by atoms with Gasteiger partial charge in [-0.15, -0.1) is 0 Å². The minimum Gasteiger partial charge on any atom is -0.508 e. The van der Waals surface area contributed by atoms with Gasteiger partial charge in [0.1, 0.15) is 17.1 Å². The van der Waals surface area contributed by atoms with Gasteiger partial charge in [-0.1, -0.05) is 19.0 Å². The number of likely N-dealkylation sites (N-methyl/N-ethyl adjacent to an activating group) is 1. The molecule has 32 heavy (non-hydrogen) atoms. The van der Waals surface area contributed by atoms with Gasteiger partial charge in [-0.25, -0.2) is 0 Å². The number of ketones is 3. The van der Waals surface area contributed by atoms with E-state index in [1.165, 1.54) is 26.2 Å². The van der Waals surface area contributed by atoms with E-state index in [2.05, 4.69) is 0 Å². The molecule has 3 aliphatic rings. The zero-order valence-electron chi connectivity index (χ0n) is 20.2. The molecule has 4 rings (SSSR count). The predicted molar refractivity (Wildman–Crippen MR) is 109 cm³/mol. The molecule has 1 aromatic carbocycles. The van der Waals surface area contributed by atoms with Gasteiger partial charge in [0.05, 0.1) is 30.9 Å². The number of primary amides is 1. The molecule has 3 aliphatic carbocycles. The van der Waals surface area contributed by atoms with Crippen LogP contribution in [-0.2, 0) is 14.4 Å². The van der Waals surface area contributed by atoms with Crippen LogP contribution >= 0.6 is 0 Å². The SMILES string of the molecule is [2H]C[C@]1([2H])c2cccc(O)c2C(=O)C2C(=O)[C@]3(O)C(O)=C(C(N)=O)C(=O)C([2H])(N(C)C)[C@@H]3[C@@H](O)[C@@H]21. The second kappa shape index (κ2) is 6.96. The van der Waals surface area contributed by atoms with Crippen molar-refractivity contribution in [1.29, 1.82) is 0 Å². The Hall–Kier alpha value is -3.08. The van der Waals surface area contributed by atoms with Crippen molar-refractivity contribution in [2.24, 2.45) is 23.5 Å². The average molecular weight is 447 g/mol. The molecule has 0 spiro atoms. The van der Waals surface area contributed by atoms with Crippen molar-refractivity contribution in [2.45, 2.75) is 30.5 Å². The summed E-state index contributed by atoms with van der Waals surface area (Å²) in [5.41, 5.74) is 0.112. The van der Waals surface area contributed by atoms with Crippen LogP contribution in [0, 0.1) is 17.8 Å². The quantitative estimate of drug-likeness (QED) is 0.282. The molecule has 1 saturated carbocycles. The molecule has 0 bridgehead atoms. The van der Waals surface area contributed by atoms with Crippen LogP contribution in [0.5, 0.6) is 5.75 Å². The van der Waals surface area contributed by atoms with Crippen LogP contribution in [-0.4, -0.2) is 80.4 Å². The Bertz CT molecular complexity index is 1240. The van der Waals surface area contributed by atoms with Gasteiger partial charge in [0.15, 0.2) is 23.0 Å². The van der Waals surface area contributed by atoms with Gasteiger partial charge < -0.3 is 26.2 Å². The van der Waals surface area contributed by atoms with Crippen molar-refractivity contribution in [2.75, 3.05) is 14.1 Å². The molecular weight excluding hydrogens is 420 g/mol. The standard InChI is InChI=1S/C22H24N2O8/c1-7-8-5-4-6-9(25)11(8)16(26)12-10(7)17(27)14-15(24(2)3)18(28)13(21(23)31)20(30)22(14,32)19(12)29/h4-7,10,12,14-15,17,25,27,30,32H,1-3H3,(H2,23,31)/t7-,10-,12?,14-,15?,17+,22+/m1/s1/i1D,7D,15D. The fraction of sp³-hybridized carbons (Fsp3) is 0.455. The molecule has 0 aromatic heterocycles. The van der Waals surface area contributed by atoms with Crippen molar-refractivity contribution in [3.05, 3.63) is 40.7 Å². The molecule has 170 valence electrons. The fourth-order valence-electron chi connectivity index (χ4n) is 5.20. The van der Waals surface area contributed by atoms with E-state index in [-0.39, 0.29) is 5.56 Å². The number of aliphatic hydroxyl groups is 3. The van der Waals surface area contributed by atoms with Crippen molar-refractivity contribution >= 4 is 23.3 Å². The summed E-state index contributed by atoms with van der Waals surface area (Å²) in [4.78, 5) is 53.5. The third kappa shape index (κ3) is 2.51. The molecule has 0 aliphatic heterocycles. The Kier molecular flexibility index (Phi) is 4.02. The maximum atomic E-state index is 13.8. The number of hydrogen-bond acceptors (Lipinski definition) is 9. The number of carbonyl (C=O) groups is 4. The van der Waals surface area contributed by atoms with Crippen molar-refractivity contribution in [3.63, 3.8) is 0 Å². The van der Waals surface area contributed by atoms with Gasteiger partial charge in [0, 0.05) is 8.66 Å². The molecule has 0 heterocycles. The van der Waals surface area contributed by atoms with Crippen LogP contribution < -0.4 is 5.73 Å². The summed E-state index contributed by atoms with van der Waals surface area (Å²) >= 11 is 0. The van der Waals surface area contributed by atoms with E-state index < -0.39 is 94.2 Å². The largest absolute Gasteiger partial charge is 0.508 e. The number of Topliss-reactive ketones (excluding diaryl/α,β-unsaturated/α-hetero) is 3. The predicted octanol–water partition coefficient (Wildman–Crippen LogP) is -0.974. The first-order valence-corrected chi connectivity index (χ1v) is 9.69. The Morgan fingerprint density at radius 2 is 1.88 bits per heavy atom. The van der Waals surface area contributed by atoms with Crippen LogP contribution in [0.25, 0.3) is 0 Å². The molecule has 10 heteroatoms. The van der Waals surface area contributed by atoms with Crippen LogP contribution in [0.15, 0.2) is 29.5 Å². The number of amides is 1. The normalized spacial score (nSPS) is 42.5. The lowest BCUT2D eigenvalue weighted by Crippen LogP contribution is -2.73. The minimum atomic E-state index is -3.29. The lowest BCUT2D eigenvalue weighted by Gasteiger charge is -2.55. The van der Waals surface area contributed by atoms with E-state index in [1.54, 1.807) is 0 Å². The number of fused-ring (bicyclic) bond motifs is 3. The summed E-state index contributed by atoms with van der Waals surface area (Å²) in [5, 5.41) is 44.3.